The lowest BCUT2D eigenvalue weighted by atomic mass is 10.1. The fraction of sp³-hybridized carbons (Fsp3) is 0.286. The van der Waals surface area contributed by atoms with Crippen LogP contribution in [0.1, 0.15) is 34.1 Å². The summed E-state index contributed by atoms with van der Waals surface area (Å²) in [6, 6.07) is 7.83. The van der Waals surface area contributed by atoms with Gasteiger partial charge < -0.3 is 10.1 Å². The number of imidazole rings is 1. The van der Waals surface area contributed by atoms with E-state index in [0.29, 0.717) is 17.2 Å². The van der Waals surface area contributed by atoms with Crippen molar-refractivity contribution in [2.75, 3.05) is 11.9 Å². The Morgan fingerprint density at radius 3 is 2.96 bits per heavy atom. The maximum absolute atomic E-state index is 12.8. The summed E-state index contributed by atoms with van der Waals surface area (Å²) < 4.78 is 8.98. The Hall–Kier alpha value is -2.93. The van der Waals surface area contributed by atoms with Crippen LogP contribution in [0.15, 0.2) is 37.2 Å². The third-order valence-electron chi connectivity index (χ3n) is 4.90. The molecule has 0 bridgehead atoms. The van der Waals surface area contributed by atoms with Crippen LogP contribution in [0.25, 0.3) is 17.2 Å². The number of amides is 1. The number of esters is 1. The molecule has 28 heavy (non-hydrogen) atoms. The number of para-hydroxylation sites is 2. The average Bonchev–Trinajstić information content (AvgIpc) is 3.35. The Balaban J connectivity index is 1.60. The number of carbonyl (C=O) groups excluding carboxylic acids is 2. The lowest BCUT2D eigenvalue weighted by Crippen LogP contribution is -2.39. The lowest BCUT2D eigenvalue weighted by molar-refractivity contribution is -0.658. The summed E-state index contributed by atoms with van der Waals surface area (Å²) >= 11 is 1.49. The quantitative estimate of drug-likeness (QED) is 0.513. The van der Waals surface area contributed by atoms with Gasteiger partial charge in [0.25, 0.3) is 5.91 Å². The molecule has 7 heteroatoms. The predicted molar refractivity (Wildman–Crippen MR) is 109 cm³/mol. The molecule has 1 amide bonds. The van der Waals surface area contributed by atoms with Crippen molar-refractivity contribution in [3.8, 4) is 0 Å². The topological polar surface area (TPSA) is 64.2 Å². The maximum Gasteiger partial charge on any atom is 0.341 e. The van der Waals surface area contributed by atoms with Gasteiger partial charge in [-0.2, -0.15) is 0 Å². The second-order valence-corrected chi connectivity index (χ2v) is 7.76. The molecule has 3 aromatic rings. The van der Waals surface area contributed by atoms with Crippen LogP contribution < -0.4 is 9.88 Å². The highest BCUT2D eigenvalue weighted by molar-refractivity contribution is 7.17. The number of ether oxygens (including phenoxy) is 1. The first kappa shape index (κ1) is 18.4. The summed E-state index contributed by atoms with van der Waals surface area (Å²) in [5, 5.41) is 3.54. The molecule has 0 unspecified atom stereocenters. The monoisotopic (exact) mass is 396 g/mol. The van der Waals surface area contributed by atoms with E-state index in [1.807, 2.05) is 39.7 Å². The summed E-state index contributed by atoms with van der Waals surface area (Å²) in [4.78, 5) is 26.4. The molecule has 1 aliphatic carbocycles. The van der Waals surface area contributed by atoms with Crippen LogP contribution in [0.3, 0.4) is 0 Å². The van der Waals surface area contributed by atoms with E-state index in [-0.39, 0.29) is 18.4 Å². The summed E-state index contributed by atoms with van der Waals surface area (Å²) in [5.41, 5.74) is 3.49. The molecule has 0 aliphatic heterocycles. The molecule has 2 heterocycles. The lowest BCUT2D eigenvalue weighted by Gasteiger charge is -2.07. The van der Waals surface area contributed by atoms with E-state index in [4.69, 9.17) is 4.74 Å². The molecule has 1 N–H and O–H groups in total. The third-order valence-corrected chi connectivity index (χ3v) is 6.10. The number of thiophene rings is 1. The molecule has 0 saturated heterocycles. The van der Waals surface area contributed by atoms with Crippen molar-refractivity contribution in [1.82, 2.24) is 4.57 Å². The molecule has 6 nitrogen and oxygen atoms in total. The van der Waals surface area contributed by atoms with Gasteiger partial charge in [-0.1, -0.05) is 18.7 Å². The number of hydrogen-bond donors (Lipinski definition) is 1. The number of rotatable bonds is 6. The molecule has 0 atom stereocenters. The van der Waals surface area contributed by atoms with E-state index in [1.165, 1.54) is 16.2 Å². The third kappa shape index (κ3) is 3.22. The highest BCUT2D eigenvalue weighted by atomic mass is 32.1. The van der Waals surface area contributed by atoms with Gasteiger partial charge in [0.05, 0.1) is 18.4 Å². The number of fused-ring (bicyclic) bond motifs is 2. The number of aromatic nitrogens is 2. The van der Waals surface area contributed by atoms with Crippen LogP contribution in [0, 0.1) is 0 Å². The molecular weight excluding hydrogens is 374 g/mol. The Morgan fingerprint density at radius 2 is 2.18 bits per heavy atom. The van der Waals surface area contributed by atoms with Crippen molar-refractivity contribution < 1.29 is 18.9 Å². The van der Waals surface area contributed by atoms with E-state index in [2.05, 4.69) is 11.9 Å². The van der Waals surface area contributed by atoms with Crippen molar-refractivity contribution in [3.63, 3.8) is 0 Å². The number of benzene rings is 1. The molecule has 0 saturated carbocycles. The number of anilines is 1. The molecular formula is C21H22N3O3S+. The van der Waals surface area contributed by atoms with Gasteiger partial charge in [0.2, 0.25) is 6.33 Å². The molecule has 144 valence electrons. The Morgan fingerprint density at radius 1 is 1.36 bits per heavy atom. The predicted octanol–water partition coefficient (Wildman–Crippen LogP) is 3.39. The fourth-order valence-corrected chi connectivity index (χ4v) is 5.00. The fourth-order valence-electron chi connectivity index (χ4n) is 3.70. The molecule has 0 radical (unpaired) electrons. The standard InChI is InChI=1S/C21H21N3O3S/c1-3-23-13-24(16-10-6-5-9-15(16)23)12-18(25)22-20-19(21(26)27-4-2)14-8-7-11-17(14)28-20/h3,5-6,9-10,13H,1,4,7-8,11-12H2,2H3/p+1. The smallest absolute Gasteiger partial charge is 0.341 e. The average molecular weight is 396 g/mol. The van der Waals surface area contributed by atoms with Crippen LogP contribution in [0.4, 0.5) is 5.00 Å². The minimum Gasteiger partial charge on any atom is -0.462 e. The number of carbonyl (C=O) groups is 2. The zero-order valence-corrected chi connectivity index (χ0v) is 16.6. The number of hydrogen-bond acceptors (Lipinski definition) is 4. The van der Waals surface area contributed by atoms with Crippen molar-refractivity contribution >= 4 is 45.4 Å². The van der Waals surface area contributed by atoms with Crippen LogP contribution in [-0.4, -0.2) is 23.1 Å². The summed E-state index contributed by atoms with van der Waals surface area (Å²) in [7, 11) is 0. The van der Waals surface area contributed by atoms with Crippen LogP contribution in [-0.2, 0) is 28.9 Å². The zero-order valence-electron chi connectivity index (χ0n) is 15.7. The van der Waals surface area contributed by atoms with Crippen molar-refractivity contribution in [2.24, 2.45) is 0 Å². The van der Waals surface area contributed by atoms with Crippen molar-refractivity contribution in [1.29, 1.82) is 0 Å². The first-order chi connectivity index (χ1) is 13.6. The van der Waals surface area contributed by atoms with Gasteiger partial charge >= 0.3 is 5.97 Å². The Labute approximate surface area is 167 Å². The van der Waals surface area contributed by atoms with Gasteiger partial charge in [0.15, 0.2) is 17.6 Å². The van der Waals surface area contributed by atoms with E-state index < -0.39 is 0 Å². The highest BCUT2D eigenvalue weighted by Crippen LogP contribution is 2.39. The molecule has 0 spiro atoms. The van der Waals surface area contributed by atoms with E-state index in [9.17, 15) is 9.59 Å². The zero-order chi connectivity index (χ0) is 19.7. The summed E-state index contributed by atoms with van der Waals surface area (Å²) in [6.07, 6.45) is 6.40. The van der Waals surface area contributed by atoms with Gasteiger partial charge in [0, 0.05) is 4.88 Å². The first-order valence-corrected chi connectivity index (χ1v) is 10.2. The van der Waals surface area contributed by atoms with Gasteiger partial charge in [0.1, 0.15) is 5.00 Å². The van der Waals surface area contributed by atoms with Crippen molar-refractivity contribution in [2.45, 2.75) is 32.7 Å². The van der Waals surface area contributed by atoms with Gasteiger partial charge in [-0.25, -0.2) is 13.9 Å². The number of nitrogens with one attached hydrogen (secondary N) is 1. The normalized spacial score (nSPS) is 12.8. The minimum absolute atomic E-state index is 0.145. The molecule has 2 aromatic heterocycles. The molecule has 1 aromatic carbocycles. The summed E-state index contributed by atoms with van der Waals surface area (Å²) in [5.74, 6) is -0.532. The van der Waals surface area contributed by atoms with Crippen LogP contribution in [0.2, 0.25) is 0 Å². The van der Waals surface area contributed by atoms with Crippen LogP contribution in [0.5, 0.6) is 0 Å². The van der Waals surface area contributed by atoms with Gasteiger partial charge in [-0.05, 0) is 43.9 Å². The molecule has 4 rings (SSSR count). The SMILES string of the molecule is C=Cn1c[n+](CC(=O)Nc2sc3c(c2C(=O)OCC)CCC3)c2ccccc21. The molecule has 0 fully saturated rings. The maximum atomic E-state index is 12.8. The number of aryl methyl sites for hydroxylation is 1. The Kier molecular flexibility index (Phi) is 5.00. The second kappa shape index (κ2) is 7.59. The van der Waals surface area contributed by atoms with E-state index in [1.54, 1.807) is 13.1 Å². The second-order valence-electron chi connectivity index (χ2n) is 6.65. The van der Waals surface area contributed by atoms with Gasteiger partial charge in [-0.15, -0.1) is 11.3 Å². The van der Waals surface area contributed by atoms with Crippen LogP contribution >= 0.6 is 11.3 Å². The van der Waals surface area contributed by atoms with Gasteiger partial charge in [-0.3, -0.25) is 4.79 Å². The minimum atomic E-state index is -0.354. The number of nitrogens with zero attached hydrogens (tertiary/aromatic N) is 2. The largest absolute Gasteiger partial charge is 0.462 e. The van der Waals surface area contributed by atoms with Crippen molar-refractivity contribution in [3.05, 3.63) is 53.2 Å². The Bertz CT molecular complexity index is 1080. The van der Waals surface area contributed by atoms with E-state index >= 15 is 0 Å². The highest BCUT2D eigenvalue weighted by Gasteiger charge is 2.28. The molecule has 1 aliphatic rings. The van der Waals surface area contributed by atoms with E-state index in [0.717, 1.165) is 35.9 Å². The first-order valence-electron chi connectivity index (χ1n) is 9.35. The summed E-state index contributed by atoms with van der Waals surface area (Å²) in [6.45, 7) is 6.06.